The highest BCUT2D eigenvalue weighted by Gasteiger charge is 2.19. The lowest BCUT2D eigenvalue weighted by atomic mass is 10.1. The fourth-order valence-corrected chi connectivity index (χ4v) is 3.30. The summed E-state index contributed by atoms with van der Waals surface area (Å²) in [5.41, 5.74) is 0.875. The van der Waals surface area contributed by atoms with E-state index in [0.29, 0.717) is 29.6 Å². The largest absolute Gasteiger partial charge is 0.315 e. The Morgan fingerprint density at radius 3 is 2.57 bits per heavy atom. The topological polar surface area (TPSA) is 58.2 Å². The third kappa shape index (κ3) is 6.53. The summed E-state index contributed by atoms with van der Waals surface area (Å²) in [5, 5.41) is 3.77. The third-order valence-electron chi connectivity index (χ3n) is 3.10. The normalized spacial score (nSPS) is 13.3. The maximum absolute atomic E-state index is 12.0. The van der Waals surface area contributed by atoms with E-state index in [1.807, 2.05) is 13.0 Å². The average molecular weight is 353 g/mol. The molecular weight excluding hydrogens is 331 g/mol. The van der Waals surface area contributed by atoms with E-state index in [2.05, 4.69) is 10.0 Å². The van der Waals surface area contributed by atoms with E-state index in [-0.39, 0.29) is 0 Å². The lowest BCUT2D eigenvalue weighted by Crippen LogP contribution is -2.39. The zero-order valence-corrected chi connectivity index (χ0v) is 14.7. The highest BCUT2D eigenvalue weighted by molar-refractivity contribution is 7.90. The highest BCUT2D eigenvalue weighted by atomic mass is 35.5. The smallest absolute Gasteiger partial charge is 0.215 e. The standard InChI is InChI=1S/C14H22Cl2N2O2S/c1-3-7-17-10-11(2)21(19,20)18-8-6-12-4-5-13(15)9-14(12)16/h4-5,9,11,17-18H,3,6-8,10H2,1-2H3. The predicted octanol–water partition coefficient (Wildman–Crippen LogP) is 2.84. The van der Waals surface area contributed by atoms with Crippen molar-refractivity contribution in [1.29, 1.82) is 0 Å². The van der Waals surface area contributed by atoms with Crippen LogP contribution in [0.2, 0.25) is 10.0 Å². The second-order valence-electron chi connectivity index (χ2n) is 4.94. The van der Waals surface area contributed by atoms with Gasteiger partial charge in [-0.1, -0.05) is 36.2 Å². The minimum atomic E-state index is -3.31. The zero-order chi connectivity index (χ0) is 15.9. The molecule has 1 unspecified atom stereocenters. The van der Waals surface area contributed by atoms with Crippen molar-refractivity contribution in [3.63, 3.8) is 0 Å². The van der Waals surface area contributed by atoms with Gasteiger partial charge in [-0.2, -0.15) is 0 Å². The Bertz CT molecular complexity index is 550. The Morgan fingerprint density at radius 2 is 1.95 bits per heavy atom. The van der Waals surface area contributed by atoms with Crippen LogP contribution in [0, 0.1) is 0 Å². The van der Waals surface area contributed by atoms with E-state index in [1.165, 1.54) is 0 Å². The monoisotopic (exact) mass is 352 g/mol. The molecule has 0 aliphatic heterocycles. The predicted molar refractivity (Wildman–Crippen MR) is 89.7 cm³/mol. The molecule has 0 aliphatic rings. The van der Waals surface area contributed by atoms with Crippen LogP contribution >= 0.6 is 23.2 Å². The molecule has 0 amide bonds. The molecule has 4 nitrogen and oxygen atoms in total. The van der Waals surface area contributed by atoms with E-state index in [4.69, 9.17) is 23.2 Å². The second-order valence-corrected chi connectivity index (χ2v) is 7.97. The van der Waals surface area contributed by atoms with Gasteiger partial charge in [-0.15, -0.1) is 0 Å². The van der Waals surface area contributed by atoms with Crippen molar-refractivity contribution in [2.24, 2.45) is 0 Å². The van der Waals surface area contributed by atoms with Gasteiger partial charge in [0.1, 0.15) is 0 Å². The summed E-state index contributed by atoms with van der Waals surface area (Å²) in [5.74, 6) is 0. The number of hydrogen-bond acceptors (Lipinski definition) is 3. The number of sulfonamides is 1. The van der Waals surface area contributed by atoms with Gasteiger partial charge in [0, 0.05) is 23.1 Å². The van der Waals surface area contributed by atoms with Gasteiger partial charge < -0.3 is 5.32 Å². The first-order chi connectivity index (χ1) is 9.86. The summed E-state index contributed by atoms with van der Waals surface area (Å²) in [6, 6.07) is 5.21. The summed E-state index contributed by atoms with van der Waals surface area (Å²) in [4.78, 5) is 0. The molecule has 0 spiro atoms. The van der Waals surface area contributed by atoms with Crippen molar-refractivity contribution in [1.82, 2.24) is 10.0 Å². The number of benzene rings is 1. The molecule has 120 valence electrons. The number of hydrogen-bond donors (Lipinski definition) is 2. The van der Waals surface area contributed by atoms with Gasteiger partial charge >= 0.3 is 0 Å². The molecule has 0 saturated carbocycles. The summed E-state index contributed by atoms with van der Waals surface area (Å²) >= 11 is 11.9. The SMILES string of the molecule is CCCNCC(C)S(=O)(=O)NCCc1ccc(Cl)cc1Cl. The van der Waals surface area contributed by atoms with E-state index in [1.54, 1.807) is 19.1 Å². The van der Waals surface area contributed by atoms with E-state index in [9.17, 15) is 8.42 Å². The Labute approximate surface area is 137 Å². The molecule has 0 aliphatic carbocycles. The third-order valence-corrected chi connectivity index (χ3v) is 5.52. The second kappa shape index (κ2) is 8.96. The van der Waals surface area contributed by atoms with Crippen LogP contribution in [0.3, 0.4) is 0 Å². The van der Waals surface area contributed by atoms with Crippen LogP contribution in [0.4, 0.5) is 0 Å². The van der Waals surface area contributed by atoms with Gasteiger partial charge in [-0.05, 0) is 44.0 Å². The van der Waals surface area contributed by atoms with Crippen molar-refractivity contribution in [3.05, 3.63) is 33.8 Å². The van der Waals surface area contributed by atoms with Crippen LogP contribution in [0.5, 0.6) is 0 Å². The lowest BCUT2D eigenvalue weighted by molar-refractivity contribution is 0.557. The van der Waals surface area contributed by atoms with Gasteiger partial charge in [-0.3, -0.25) is 0 Å². The molecule has 7 heteroatoms. The molecule has 2 N–H and O–H groups in total. The summed E-state index contributed by atoms with van der Waals surface area (Å²) in [6.45, 7) is 5.33. The Kier molecular flexibility index (Phi) is 7.98. The van der Waals surface area contributed by atoms with Crippen molar-refractivity contribution in [3.8, 4) is 0 Å². The number of halogens is 2. The molecule has 0 fully saturated rings. The molecular formula is C14H22Cl2N2O2S. The molecule has 1 aromatic carbocycles. The molecule has 21 heavy (non-hydrogen) atoms. The van der Waals surface area contributed by atoms with Gasteiger partial charge in [0.15, 0.2) is 0 Å². The average Bonchev–Trinajstić information content (AvgIpc) is 2.41. The van der Waals surface area contributed by atoms with Crippen molar-refractivity contribution >= 4 is 33.2 Å². The van der Waals surface area contributed by atoms with Crippen LogP contribution in [-0.4, -0.2) is 33.3 Å². The first-order valence-corrected chi connectivity index (χ1v) is 9.30. The van der Waals surface area contributed by atoms with Crippen molar-refractivity contribution in [2.45, 2.75) is 31.9 Å². The zero-order valence-electron chi connectivity index (χ0n) is 12.3. The molecule has 1 rings (SSSR count). The molecule has 0 saturated heterocycles. The van der Waals surface area contributed by atoms with Crippen LogP contribution in [-0.2, 0) is 16.4 Å². The molecule has 0 bridgehead atoms. The highest BCUT2D eigenvalue weighted by Crippen LogP contribution is 2.21. The molecule has 0 heterocycles. The maximum Gasteiger partial charge on any atom is 0.215 e. The lowest BCUT2D eigenvalue weighted by Gasteiger charge is -2.14. The summed E-state index contributed by atoms with van der Waals surface area (Å²) in [7, 11) is -3.31. The van der Waals surface area contributed by atoms with E-state index < -0.39 is 15.3 Å². The van der Waals surface area contributed by atoms with Gasteiger partial charge in [-0.25, -0.2) is 13.1 Å². The van der Waals surface area contributed by atoms with Crippen LogP contribution in [0.15, 0.2) is 18.2 Å². The fourth-order valence-electron chi connectivity index (χ4n) is 1.79. The van der Waals surface area contributed by atoms with Gasteiger partial charge in [0.05, 0.1) is 5.25 Å². The first-order valence-electron chi connectivity index (χ1n) is 7.00. The maximum atomic E-state index is 12.0. The quantitative estimate of drug-likeness (QED) is 0.671. The van der Waals surface area contributed by atoms with Gasteiger partial charge in [0.2, 0.25) is 10.0 Å². The van der Waals surface area contributed by atoms with Crippen LogP contribution < -0.4 is 10.0 Å². The minimum absolute atomic E-state index is 0.321. The van der Waals surface area contributed by atoms with Crippen LogP contribution in [0.1, 0.15) is 25.8 Å². The van der Waals surface area contributed by atoms with Crippen molar-refractivity contribution in [2.75, 3.05) is 19.6 Å². The Morgan fingerprint density at radius 1 is 1.24 bits per heavy atom. The molecule has 1 aromatic rings. The van der Waals surface area contributed by atoms with E-state index >= 15 is 0 Å². The van der Waals surface area contributed by atoms with Gasteiger partial charge in [0.25, 0.3) is 0 Å². The molecule has 1 atom stereocenters. The molecule has 0 radical (unpaired) electrons. The summed E-state index contributed by atoms with van der Waals surface area (Å²) < 4.78 is 26.7. The fraction of sp³-hybridized carbons (Fsp3) is 0.571. The Balaban J connectivity index is 2.46. The van der Waals surface area contributed by atoms with E-state index in [0.717, 1.165) is 18.5 Å². The molecule has 0 aromatic heterocycles. The number of rotatable bonds is 9. The van der Waals surface area contributed by atoms with Crippen LogP contribution in [0.25, 0.3) is 0 Å². The summed E-state index contributed by atoms with van der Waals surface area (Å²) in [6.07, 6.45) is 1.51. The van der Waals surface area contributed by atoms with Crippen molar-refractivity contribution < 1.29 is 8.42 Å². The first kappa shape index (κ1) is 18.7. The Hall–Kier alpha value is -0.330. The minimum Gasteiger partial charge on any atom is -0.315 e. The number of nitrogens with one attached hydrogen (secondary N) is 2.